The molecule has 370 valence electrons. The lowest BCUT2D eigenvalue weighted by atomic mass is 10.1. The molecule has 0 aromatic carbocycles. The Morgan fingerprint density at radius 1 is 1.00 bits per heavy atom. The van der Waals surface area contributed by atoms with Gasteiger partial charge in [0.2, 0.25) is 5.95 Å². The number of carbonyl (C=O) groups excluding carboxylic acids is 1. The van der Waals surface area contributed by atoms with E-state index in [2.05, 4.69) is 65.7 Å². The first kappa shape index (κ1) is 51.3. The molecular weight excluding hydrogens is 1000 g/mol. The molecule has 2 bridgehead atoms. The van der Waals surface area contributed by atoms with E-state index in [1.54, 1.807) is 27.1 Å². The molecule has 67 heavy (non-hydrogen) atoms. The van der Waals surface area contributed by atoms with Gasteiger partial charge in [-0.05, 0) is 78.4 Å². The summed E-state index contributed by atoms with van der Waals surface area (Å²) in [5.74, 6) is 0.829. The fourth-order valence-electron chi connectivity index (χ4n) is 7.95. The number of carbonyl (C=O) groups is 1. The molecule has 0 spiro atoms. The number of hydrogen-bond donors (Lipinski definition) is 4. The number of thioether (sulfide) groups is 1. The molecule has 4 aliphatic heterocycles. The van der Waals surface area contributed by atoms with Crippen molar-refractivity contribution in [1.82, 2.24) is 34.1 Å². The van der Waals surface area contributed by atoms with Gasteiger partial charge in [-0.2, -0.15) is 9.97 Å². The van der Waals surface area contributed by atoms with E-state index in [-0.39, 0.29) is 40.4 Å². The standard InChI is InChI=1S/C39H60FN9O11P2S3Si2/c1-39(2,3)67(7,8)60-30-24-19-55-61(51,63)58-29-23(56-36(27(29)40)48-17-22-11-10-15-65-35-26(22)33(48)43-20-44-35)18-54-62(52,64)59-31(30)37(57-24)49-21-45-28-32(41)46-38(47-34(28)49)42-13-9-12-25(50)53-14-16-66(4,5)6/h17,20-21,23-24,27,29-31,36-37H,9-16,18-19H2,1-8H3,(H,51,63)(H,52,64)(H3,41,42,46,47)/t23-,24-,27-,29-,30-,31-,36-,37-,61?,62?/m1/s1. The lowest BCUT2D eigenvalue weighted by molar-refractivity contribution is -0.143. The molecule has 0 saturated carbocycles. The van der Waals surface area contributed by atoms with Crippen LogP contribution in [0.4, 0.5) is 16.2 Å². The highest BCUT2D eigenvalue weighted by Crippen LogP contribution is 2.56. The molecule has 4 aromatic heterocycles. The fourth-order valence-corrected chi connectivity index (χ4v) is 13.8. The molecule has 3 saturated heterocycles. The molecule has 8 rings (SSSR count). The van der Waals surface area contributed by atoms with Crippen LogP contribution in [0.2, 0.25) is 43.8 Å². The summed E-state index contributed by atoms with van der Waals surface area (Å²) < 4.78 is 70.0. The minimum atomic E-state index is -4.30. The number of esters is 1. The largest absolute Gasteiger partial charge is 0.466 e. The first-order chi connectivity index (χ1) is 31.4. The zero-order valence-corrected chi connectivity index (χ0v) is 44.9. The lowest BCUT2D eigenvalue weighted by Crippen LogP contribution is -2.50. The quantitative estimate of drug-likeness (QED) is 0.0377. The number of fused-ring (bicyclic) bond motifs is 4. The van der Waals surface area contributed by atoms with E-state index in [0.29, 0.717) is 25.2 Å². The summed E-state index contributed by atoms with van der Waals surface area (Å²) in [6.07, 6.45) is -3.46. The van der Waals surface area contributed by atoms with Gasteiger partial charge in [-0.15, -0.1) is 11.8 Å². The number of ether oxygens (including phenoxy) is 3. The number of nitrogens with zero attached hydrogens (tertiary/aromatic N) is 7. The SMILES string of the molecule is CC(C)(C)[Si](C)(C)O[C@H]1[C@H]2OP(O)(=S)OC[C@H]3O[C@@H](n4cc5c6c(ncnc64)SCCC5)[C@H](F)[C@@H]3OP(O)(=S)OC[C@H]1O[C@H]2n1cnc2c(N)nc(NCCCC(=O)OCC[Si](C)(C)C)nc21. The van der Waals surface area contributed by atoms with E-state index in [1.165, 1.54) is 12.7 Å². The van der Waals surface area contributed by atoms with Crippen molar-refractivity contribution in [3.63, 3.8) is 0 Å². The van der Waals surface area contributed by atoms with Crippen molar-refractivity contribution in [3.05, 3.63) is 24.4 Å². The minimum Gasteiger partial charge on any atom is -0.466 e. The second-order valence-corrected chi connectivity index (χ2v) is 36.8. The maximum Gasteiger partial charge on any atom is 0.325 e. The van der Waals surface area contributed by atoms with Crippen molar-refractivity contribution < 1.29 is 55.7 Å². The van der Waals surface area contributed by atoms with E-state index in [9.17, 15) is 14.6 Å². The second kappa shape index (κ2) is 19.8. The number of halogens is 1. The van der Waals surface area contributed by atoms with E-state index >= 15 is 4.39 Å². The van der Waals surface area contributed by atoms with Gasteiger partial charge in [0.15, 0.2) is 38.4 Å². The van der Waals surface area contributed by atoms with Crippen LogP contribution in [0.25, 0.3) is 22.2 Å². The Labute approximate surface area is 404 Å². The summed E-state index contributed by atoms with van der Waals surface area (Å²) >= 11 is 12.9. The molecule has 20 nitrogen and oxygen atoms in total. The van der Waals surface area contributed by atoms with Gasteiger partial charge in [0.25, 0.3) is 0 Å². The summed E-state index contributed by atoms with van der Waals surface area (Å²) in [6, 6.07) is 0.888. The number of anilines is 2. The van der Waals surface area contributed by atoms with Crippen LogP contribution in [0.1, 0.15) is 58.1 Å². The van der Waals surface area contributed by atoms with Crippen molar-refractivity contribution in [2.45, 2.75) is 144 Å². The molecule has 3 fully saturated rings. The van der Waals surface area contributed by atoms with Crippen LogP contribution in [0, 0.1) is 0 Å². The number of nitrogens with two attached hydrogens (primary N) is 1. The van der Waals surface area contributed by atoms with Crippen molar-refractivity contribution in [1.29, 1.82) is 0 Å². The summed E-state index contributed by atoms with van der Waals surface area (Å²) in [5, 5.41) is 4.43. The first-order valence-corrected chi connectivity index (χ1v) is 35.0. The Hall–Kier alpha value is -2.11. The van der Waals surface area contributed by atoms with Gasteiger partial charge >= 0.3 is 19.4 Å². The molecule has 2 unspecified atom stereocenters. The summed E-state index contributed by atoms with van der Waals surface area (Å²) in [6.45, 7) is 8.14. The fraction of sp³-hybridized carbons (Fsp3) is 0.692. The summed E-state index contributed by atoms with van der Waals surface area (Å²) in [4.78, 5) is 58.6. The van der Waals surface area contributed by atoms with Crippen molar-refractivity contribution in [2.24, 2.45) is 0 Å². The molecule has 0 radical (unpaired) electrons. The van der Waals surface area contributed by atoms with Crippen LogP contribution in [-0.4, -0.2) is 135 Å². The Balaban J connectivity index is 1.08. The van der Waals surface area contributed by atoms with Gasteiger partial charge in [0.1, 0.15) is 53.0 Å². The zero-order chi connectivity index (χ0) is 48.3. The predicted octanol–water partition coefficient (Wildman–Crippen LogP) is 6.74. The topological polar surface area (TPSA) is 244 Å². The maximum absolute atomic E-state index is 16.9. The molecule has 4 aliphatic rings. The minimum absolute atomic E-state index is 0.0621. The molecular formula is C39H60FN9O11P2S3Si2. The van der Waals surface area contributed by atoms with Gasteiger partial charge in [0, 0.05) is 27.2 Å². The maximum atomic E-state index is 16.9. The third-order valence-electron chi connectivity index (χ3n) is 12.5. The zero-order valence-electron chi connectivity index (χ0n) is 38.7. The molecule has 0 amide bonds. The number of rotatable bonds is 12. The van der Waals surface area contributed by atoms with Crippen LogP contribution in [0.15, 0.2) is 23.9 Å². The van der Waals surface area contributed by atoms with Gasteiger partial charge < -0.3 is 53.1 Å². The van der Waals surface area contributed by atoms with Crippen molar-refractivity contribution in [2.75, 3.05) is 43.2 Å². The van der Waals surface area contributed by atoms with E-state index in [1.807, 2.05) is 13.1 Å². The summed E-state index contributed by atoms with van der Waals surface area (Å²) in [7, 11) is -4.04. The van der Waals surface area contributed by atoms with Crippen LogP contribution in [0.3, 0.4) is 0 Å². The van der Waals surface area contributed by atoms with E-state index in [4.69, 9.17) is 71.1 Å². The highest BCUT2D eigenvalue weighted by molar-refractivity contribution is 8.07. The normalized spacial score (nSPS) is 30.9. The van der Waals surface area contributed by atoms with E-state index < -0.39 is 92.2 Å². The number of aryl methyl sites for hydroxylation is 1. The number of aromatic nitrogens is 7. The predicted molar refractivity (Wildman–Crippen MR) is 263 cm³/mol. The second-order valence-electron chi connectivity index (χ2n) is 19.8. The Bertz CT molecular complexity index is 2570. The third kappa shape index (κ3) is 11.5. The number of hydrogen-bond acceptors (Lipinski definition) is 19. The molecule has 8 heterocycles. The van der Waals surface area contributed by atoms with Crippen LogP contribution in [0.5, 0.6) is 0 Å². The van der Waals surface area contributed by atoms with Crippen molar-refractivity contribution >= 4 is 105 Å². The highest BCUT2D eigenvalue weighted by atomic mass is 32.5. The van der Waals surface area contributed by atoms with Gasteiger partial charge in [0.05, 0.1) is 31.5 Å². The number of alkyl halides is 1. The van der Waals surface area contributed by atoms with Gasteiger partial charge in [-0.1, -0.05) is 40.4 Å². The highest BCUT2D eigenvalue weighted by Gasteiger charge is 2.56. The number of imidazole rings is 1. The lowest BCUT2D eigenvalue weighted by Gasteiger charge is -2.40. The molecule has 10 atom stereocenters. The monoisotopic (exact) mass is 1060 g/mol. The third-order valence-corrected chi connectivity index (χ3v) is 22.9. The van der Waals surface area contributed by atoms with Crippen LogP contribution in [-0.2, 0) is 71.6 Å². The summed E-state index contributed by atoms with van der Waals surface area (Å²) in [5.41, 5.74) is 8.34. The molecule has 5 N–H and O–H groups in total. The van der Waals surface area contributed by atoms with Crippen molar-refractivity contribution in [3.8, 4) is 0 Å². The van der Waals surface area contributed by atoms with E-state index in [0.717, 1.165) is 40.6 Å². The Kier molecular flexibility index (Phi) is 15.2. The van der Waals surface area contributed by atoms with Gasteiger partial charge in [-0.3, -0.25) is 18.4 Å². The average molecular weight is 1060 g/mol. The first-order valence-electron chi connectivity index (χ1n) is 22.2. The van der Waals surface area contributed by atoms with Crippen LogP contribution < -0.4 is 11.1 Å². The Morgan fingerprint density at radius 2 is 1.70 bits per heavy atom. The average Bonchev–Trinajstić information content (AvgIpc) is 3.94. The number of nitrogen functional groups attached to an aromatic ring is 1. The van der Waals surface area contributed by atoms with Gasteiger partial charge in [-0.25, -0.2) is 19.3 Å². The van der Waals surface area contributed by atoms with Crippen LogP contribution >= 0.6 is 25.2 Å². The smallest absolute Gasteiger partial charge is 0.325 e. The molecule has 0 aliphatic carbocycles. The number of nitrogens with one attached hydrogen (secondary N) is 1. The molecule has 4 aromatic rings. The molecule has 28 heteroatoms. The Morgan fingerprint density at radius 3 is 2.42 bits per heavy atom.